The van der Waals surface area contributed by atoms with Crippen LogP contribution >= 0.6 is 0 Å². The van der Waals surface area contributed by atoms with Gasteiger partial charge in [-0.05, 0) is 37.7 Å². The highest BCUT2D eigenvalue weighted by atomic mass is 16.5. The van der Waals surface area contributed by atoms with E-state index in [1.165, 1.54) is 10.7 Å². The van der Waals surface area contributed by atoms with Gasteiger partial charge in [-0.25, -0.2) is 9.48 Å². The first kappa shape index (κ1) is 22.9. The van der Waals surface area contributed by atoms with Gasteiger partial charge in [-0.2, -0.15) is 10.1 Å². The molecule has 10 heteroatoms. The largest absolute Gasteiger partial charge is 0.450 e. The topological polar surface area (TPSA) is 124 Å². The van der Waals surface area contributed by atoms with Crippen molar-refractivity contribution in [1.82, 2.24) is 25.2 Å². The molecule has 0 aliphatic carbocycles. The number of amides is 1. The van der Waals surface area contributed by atoms with Gasteiger partial charge in [0.1, 0.15) is 0 Å². The van der Waals surface area contributed by atoms with Gasteiger partial charge in [0.25, 0.3) is 5.56 Å². The third kappa shape index (κ3) is 5.54. The van der Waals surface area contributed by atoms with Crippen LogP contribution < -0.4 is 16.2 Å². The lowest BCUT2D eigenvalue weighted by Crippen LogP contribution is -2.23. The maximum Gasteiger partial charge on any atom is 0.411 e. The molecule has 0 saturated heterocycles. The zero-order chi connectivity index (χ0) is 23.9. The minimum Gasteiger partial charge on any atom is -0.450 e. The smallest absolute Gasteiger partial charge is 0.411 e. The number of anilines is 1. The minimum absolute atomic E-state index is 0.229. The van der Waals surface area contributed by atoms with E-state index in [1.54, 1.807) is 31.2 Å². The Kier molecular flexibility index (Phi) is 7.09. The maximum absolute atomic E-state index is 12.4. The normalized spacial score (nSPS) is 10.8. The second kappa shape index (κ2) is 10.5. The molecule has 4 rings (SSSR count). The Morgan fingerprint density at radius 1 is 1.09 bits per heavy atom. The van der Waals surface area contributed by atoms with Gasteiger partial charge in [0.2, 0.25) is 11.7 Å². The van der Waals surface area contributed by atoms with Crippen molar-refractivity contribution in [3.05, 3.63) is 82.5 Å². The van der Waals surface area contributed by atoms with E-state index in [1.807, 2.05) is 37.4 Å². The quantitative estimate of drug-likeness (QED) is 0.410. The Bertz CT molecular complexity index is 1330. The van der Waals surface area contributed by atoms with Crippen molar-refractivity contribution in [2.24, 2.45) is 0 Å². The van der Waals surface area contributed by atoms with Crippen LogP contribution in [0.1, 0.15) is 18.4 Å². The summed E-state index contributed by atoms with van der Waals surface area (Å²) in [4.78, 5) is 28.4. The summed E-state index contributed by atoms with van der Waals surface area (Å²) in [6.45, 7) is 2.77. The lowest BCUT2D eigenvalue weighted by Gasteiger charge is -2.10. The van der Waals surface area contributed by atoms with E-state index < -0.39 is 6.09 Å². The SMILES string of the molecule is CCOC(=O)Nc1cccc(Cn2nc(-c3ccc(-c4noc(CNC)n4)cc3)ccc2=O)c1. The Balaban J connectivity index is 1.52. The molecule has 1 amide bonds. The van der Waals surface area contributed by atoms with Crippen LogP contribution in [0.15, 0.2) is 70.0 Å². The van der Waals surface area contributed by atoms with Crippen molar-refractivity contribution in [2.75, 3.05) is 19.0 Å². The number of aromatic nitrogens is 4. The van der Waals surface area contributed by atoms with Crippen LogP contribution in [0.25, 0.3) is 22.6 Å². The molecule has 34 heavy (non-hydrogen) atoms. The molecule has 2 heterocycles. The third-order valence-electron chi connectivity index (χ3n) is 4.88. The predicted molar refractivity (Wildman–Crippen MR) is 126 cm³/mol. The van der Waals surface area contributed by atoms with E-state index in [0.29, 0.717) is 29.6 Å². The summed E-state index contributed by atoms with van der Waals surface area (Å²) in [5.41, 5.74) is 3.47. The number of hydrogen-bond acceptors (Lipinski definition) is 8. The van der Waals surface area contributed by atoms with Crippen LogP contribution in [0.4, 0.5) is 10.5 Å². The van der Waals surface area contributed by atoms with E-state index in [0.717, 1.165) is 16.7 Å². The van der Waals surface area contributed by atoms with Gasteiger partial charge in [-0.1, -0.05) is 41.6 Å². The fourth-order valence-corrected chi connectivity index (χ4v) is 3.31. The zero-order valence-electron chi connectivity index (χ0n) is 18.8. The van der Waals surface area contributed by atoms with E-state index >= 15 is 0 Å². The number of rotatable bonds is 8. The molecule has 2 N–H and O–H groups in total. The highest BCUT2D eigenvalue weighted by Gasteiger charge is 2.10. The monoisotopic (exact) mass is 460 g/mol. The summed E-state index contributed by atoms with van der Waals surface area (Å²) >= 11 is 0. The molecule has 0 unspecified atom stereocenters. The molecular weight excluding hydrogens is 436 g/mol. The molecule has 0 saturated carbocycles. The summed E-state index contributed by atoms with van der Waals surface area (Å²) in [6.07, 6.45) is -0.528. The molecule has 4 aromatic rings. The number of carbonyl (C=O) groups excluding carboxylic acids is 1. The molecule has 0 aliphatic rings. The van der Waals surface area contributed by atoms with Crippen molar-refractivity contribution in [3.63, 3.8) is 0 Å². The van der Waals surface area contributed by atoms with Gasteiger partial charge in [-0.3, -0.25) is 10.1 Å². The van der Waals surface area contributed by atoms with Crippen molar-refractivity contribution in [1.29, 1.82) is 0 Å². The Labute approximate surface area is 195 Å². The Morgan fingerprint density at radius 3 is 2.65 bits per heavy atom. The molecule has 0 aliphatic heterocycles. The molecule has 0 bridgehead atoms. The average Bonchev–Trinajstić information content (AvgIpc) is 3.30. The first-order chi connectivity index (χ1) is 16.6. The second-order valence-corrected chi connectivity index (χ2v) is 7.38. The van der Waals surface area contributed by atoms with Crippen LogP contribution in [0.5, 0.6) is 0 Å². The summed E-state index contributed by atoms with van der Waals surface area (Å²) in [5, 5.41) is 14.1. The number of carbonyl (C=O) groups is 1. The van der Waals surface area contributed by atoms with Gasteiger partial charge in [-0.15, -0.1) is 0 Å². The molecule has 2 aromatic carbocycles. The summed E-state index contributed by atoms with van der Waals surface area (Å²) in [6, 6.07) is 17.9. The van der Waals surface area contributed by atoms with E-state index in [-0.39, 0.29) is 18.7 Å². The molecule has 0 radical (unpaired) electrons. The Morgan fingerprint density at radius 2 is 1.88 bits per heavy atom. The molecule has 0 fully saturated rings. The van der Waals surface area contributed by atoms with Gasteiger partial charge >= 0.3 is 6.09 Å². The fraction of sp³-hybridized carbons (Fsp3) is 0.208. The maximum atomic E-state index is 12.4. The van der Waals surface area contributed by atoms with E-state index in [9.17, 15) is 9.59 Å². The lowest BCUT2D eigenvalue weighted by atomic mass is 10.1. The van der Waals surface area contributed by atoms with E-state index in [4.69, 9.17) is 9.26 Å². The van der Waals surface area contributed by atoms with Crippen LogP contribution in [0, 0.1) is 0 Å². The van der Waals surface area contributed by atoms with Crippen LogP contribution in [-0.2, 0) is 17.8 Å². The fourth-order valence-electron chi connectivity index (χ4n) is 3.31. The van der Waals surface area contributed by atoms with Crippen LogP contribution in [-0.4, -0.2) is 39.7 Å². The van der Waals surface area contributed by atoms with Crippen LogP contribution in [0.2, 0.25) is 0 Å². The molecule has 10 nitrogen and oxygen atoms in total. The average molecular weight is 460 g/mol. The first-order valence-electron chi connectivity index (χ1n) is 10.7. The van der Waals surface area contributed by atoms with Gasteiger partial charge in [0.05, 0.1) is 25.4 Å². The lowest BCUT2D eigenvalue weighted by molar-refractivity contribution is 0.168. The second-order valence-electron chi connectivity index (χ2n) is 7.38. The van der Waals surface area contributed by atoms with Gasteiger partial charge < -0.3 is 14.6 Å². The van der Waals surface area contributed by atoms with E-state index in [2.05, 4.69) is 25.9 Å². The Hall–Kier alpha value is -4.31. The molecular formula is C24H24N6O4. The molecule has 0 atom stereocenters. The summed E-state index contributed by atoms with van der Waals surface area (Å²) < 4.78 is 11.5. The van der Waals surface area contributed by atoms with Gasteiger partial charge in [0.15, 0.2) is 0 Å². The highest BCUT2D eigenvalue weighted by molar-refractivity contribution is 5.84. The number of benzene rings is 2. The van der Waals surface area contributed by atoms with Crippen molar-refractivity contribution >= 4 is 11.8 Å². The number of nitrogens with one attached hydrogen (secondary N) is 2. The molecule has 2 aromatic heterocycles. The van der Waals surface area contributed by atoms with Crippen molar-refractivity contribution < 1.29 is 14.1 Å². The number of nitrogens with zero attached hydrogens (tertiary/aromatic N) is 4. The van der Waals surface area contributed by atoms with Crippen LogP contribution in [0.3, 0.4) is 0 Å². The third-order valence-corrected chi connectivity index (χ3v) is 4.88. The summed E-state index contributed by atoms with van der Waals surface area (Å²) in [5.74, 6) is 1.02. The minimum atomic E-state index is -0.528. The first-order valence-corrected chi connectivity index (χ1v) is 10.7. The zero-order valence-corrected chi connectivity index (χ0v) is 18.8. The van der Waals surface area contributed by atoms with Crippen molar-refractivity contribution in [2.45, 2.75) is 20.0 Å². The van der Waals surface area contributed by atoms with Gasteiger partial charge in [0, 0.05) is 22.9 Å². The number of ether oxygens (including phenoxy) is 1. The highest BCUT2D eigenvalue weighted by Crippen LogP contribution is 2.22. The molecule has 174 valence electrons. The summed E-state index contributed by atoms with van der Waals surface area (Å²) in [7, 11) is 1.81. The van der Waals surface area contributed by atoms with Crippen molar-refractivity contribution in [3.8, 4) is 22.6 Å². The molecule has 0 spiro atoms. The number of hydrogen-bond donors (Lipinski definition) is 2. The predicted octanol–water partition coefficient (Wildman–Crippen LogP) is 3.30. The standard InChI is InChI=1S/C24H24N6O4/c1-3-33-24(32)26-19-6-4-5-16(13-19)15-30-22(31)12-11-20(28-30)17-7-9-18(10-8-17)23-27-21(14-25-2)34-29-23/h4-13,25H,3,14-15H2,1-2H3,(H,26,32).